The Labute approximate surface area is 127 Å². The average Bonchev–Trinajstić information content (AvgIpc) is 3.08. The first-order valence-electron chi connectivity index (χ1n) is 6.89. The van der Waals surface area contributed by atoms with Gasteiger partial charge in [-0.05, 0) is 29.8 Å². The van der Waals surface area contributed by atoms with E-state index in [1.54, 1.807) is 30.5 Å². The lowest BCUT2D eigenvalue weighted by molar-refractivity contribution is 0.0935. The SMILES string of the molecule is O=C(NC(c1ccccc1)c1ccco1)c1ccccc1F. The van der Waals surface area contributed by atoms with Crippen molar-refractivity contribution in [2.24, 2.45) is 0 Å². The number of carbonyl (C=O) groups excluding carboxylic acids is 1. The molecule has 110 valence electrons. The number of rotatable bonds is 4. The Morgan fingerprint density at radius 1 is 0.955 bits per heavy atom. The fourth-order valence-corrected chi connectivity index (χ4v) is 2.27. The van der Waals surface area contributed by atoms with Crippen LogP contribution >= 0.6 is 0 Å². The second kappa shape index (κ2) is 6.26. The van der Waals surface area contributed by atoms with Crippen molar-refractivity contribution in [1.82, 2.24) is 5.32 Å². The van der Waals surface area contributed by atoms with Gasteiger partial charge >= 0.3 is 0 Å². The van der Waals surface area contributed by atoms with Gasteiger partial charge in [0.05, 0.1) is 11.8 Å². The first-order valence-corrected chi connectivity index (χ1v) is 6.89. The number of carbonyl (C=O) groups is 1. The Balaban J connectivity index is 1.91. The van der Waals surface area contributed by atoms with Gasteiger partial charge in [0.25, 0.3) is 5.91 Å². The van der Waals surface area contributed by atoms with E-state index in [2.05, 4.69) is 5.32 Å². The number of benzene rings is 2. The zero-order chi connectivity index (χ0) is 15.4. The summed E-state index contributed by atoms with van der Waals surface area (Å²) in [5.74, 6) is -0.439. The van der Waals surface area contributed by atoms with E-state index in [1.165, 1.54) is 12.1 Å². The summed E-state index contributed by atoms with van der Waals surface area (Å²) in [6, 6.07) is 18.4. The van der Waals surface area contributed by atoms with Crippen LogP contribution in [0.1, 0.15) is 27.7 Å². The summed E-state index contributed by atoms with van der Waals surface area (Å²) in [5.41, 5.74) is 0.872. The molecule has 0 bridgehead atoms. The molecule has 0 saturated carbocycles. The van der Waals surface area contributed by atoms with Crippen LogP contribution in [0, 0.1) is 5.82 Å². The number of halogens is 1. The van der Waals surface area contributed by atoms with Crippen LogP contribution in [0.3, 0.4) is 0 Å². The minimum absolute atomic E-state index is 0.00925. The second-order valence-corrected chi connectivity index (χ2v) is 4.81. The maximum atomic E-state index is 13.8. The molecule has 0 spiro atoms. The molecule has 0 aliphatic rings. The van der Waals surface area contributed by atoms with Crippen LogP contribution in [-0.2, 0) is 0 Å². The largest absolute Gasteiger partial charge is 0.467 e. The lowest BCUT2D eigenvalue weighted by Gasteiger charge is -2.17. The van der Waals surface area contributed by atoms with E-state index in [9.17, 15) is 9.18 Å². The van der Waals surface area contributed by atoms with Crippen LogP contribution in [0.25, 0.3) is 0 Å². The summed E-state index contributed by atoms with van der Waals surface area (Å²) in [7, 11) is 0. The monoisotopic (exact) mass is 295 g/mol. The Kier molecular flexibility index (Phi) is 4.01. The van der Waals surface area contributed by atoms with Crippen molar-refractivity contribution in [3.8, 4) is 0 Å². The molecule has 1 unspecified atom stereocenters. The molecule has 2 aromatic carbocycles. The van der Waals surface area contributed by atoms with E-state index in [4.69, 9.17) is 4.42 Å². The number of amides is 1. The van der Waals surface area contributed by atoms with Gasteiger partial charge in [-0.25, -0.2) is 4.39 Å². The zero-order valence-electron chi connectivity index (χ0n) is 11.7. The smallest absolute Gasteiger partial charge is 0.255 e. The molecule has 0 saturated heterocycles. The van der Waals surface area contributed by atoms with Crippen LogP contribution in [-0.4, -0.2) is 5.91 Å². The minimum atomic E-state index is -0.550. The molecule has 1 aromatic heterocycles. The first kappa shape index (κ1) is 14.1. The molecule has 3 rings (SSSR count). The number of furan rings is 1. The van der Waals surface area contributed by atoms with E-state index in [0.717, 1.165) is 5.56 Å². The normalized spacial score (nSPS) is 11.9. The number of nitrogens with one attached hydrogen (secondary N) is 1. The van der Waals surface area contributed by atoms with Crippen LogP contribution in [0.4, 0.5) is 4.39 Å². The highest BCUT2D eigenvalue weighted by Gasteiger charge is 2.21. The summed E-state index contributed by atoms with van der Waals surface area (Å²) in [4.78, 5) is 12.4. The molecule has 0 aliphatic heterocycles. The predicted octanol–water partition coefficient (Wildman–Crippen LogP) is 3.94. The molecule has 1 amide bonds. The van der Waals surface area contributed by atoms with Gasteiger partial charge in [0.15, 0.2) is 0 Å². The van der Waals surface area contributed by atoms with Crippen molar-refractivity contribution in [2.45, 2.75) is 6.04 Å². The second-order valence-electron chi connectivity index (χ2n) is 4.81. The van der Waals surface area contributed by atoms with Gasteiger partial charge < -0.3 is 9.73 Å². The van der Waals surface area contributed by atoms with Crippen LogP contribution in [0.2, 0.25) is 0 Å². The molecule has 22 heavy (non-hydrogen) atoms. The van der Waals surface area contributed by atoms with Gasteiger partial charge in [0, 0.05) is 0 Å². The number of hydrogen-bond donors (Lipinski definition) is 1. The van der Waals surface area contributed by atoms with Gasteiger partial charge in [-0.3, -0.25) is 4.79 Å². The summed E-state index contributed by atoms with van der Waals surface area (Å²) >= 11 is 0. The van der Waals surface area contributed by atoms with Crippen molar-refractivity contribution in [3.05, 3.63) is 95.7 Å². The summed E-state index contributed by atoms with van der Waals surface area (Å²) in [5, 5.41) is 2.82. The van der Waals surface area contributed by atoms with E-state index in [0.29, 0.717) is 5.76 Å². The average molecular weight is 295 g/mol. The molecule has 1 N–H and O–H groups in total. The van der Waals surface area contributed by atoms with Crippen molar-refractivity contribution in [2.75, 3.05) is 0 Å². The Morgan fingerprint density at radius 3 is 2.36 bits per heavy atom. The van der Waals surface area contributed by atoms with Crippen molar-refractivity contribution in [3.63, 3.8) is 0 Å². The Bertz CT molecular complexity index is 754. The van der Waals surface area contributed by atoms with E-state index < -0.39 is 17.8 Å². The molecular formula is C18H14FNO2. The van der Waals surface area contributed by atoms with Crippen LogP contribution in [0.15, 0.2) is 77.4 Å². The molecule has 1 atom stereocenters. The molecule has 3 aromatic rings. The highest BCUT2D eigenvalue weighted by molar-refractivity contribution is 5.94. The van der Waals surface area contributed by atoms with E-state index in [-0.39, 0.29) is 5.56 Å². The minimum Gasteiger partial charge on any atom is -0.467 e. The fourth-order valence-electron chi connectivity index (χ4n) is 2.27. The molecule has 1 heterocycles. The third kappa shape index (κ3) is 2.91. The Morgan fingerprint density at radius 2 is 1.68 bits per heavy atom. The molecule has 0 fully saturated rings. The topological polar surface area (TPSA) is 42.2 Å². The molecule has 3 nitrogen and oxygen atoms in total. The molecule has 0 radical (unpaired) electrons. The van der Waals surface area contributed by atoms with E-state index in [1.807, 2.05) is 30.3 Å². The quantitative estimate of drug-likeness (QED) is 0.792. The summed E-state index contributed by atoms with van der Waals surface area (Å²) < 4.78 is 19.2. The zero-order valence-corrected chi connectivity index (χ0v) is 11.7. The number of hydrogen-bond acceptors (Lipinski definition) is 2. The molecule has 4 heteroatoms. The van der Waals surface area contributed by atoms with Crippen LogP contribution < -0.4 is 5.32 Å². The van der Waals surface area contributed by atoms with Gasteiger partial charge in [0.2, 0.25) is 0 Å². The highest BCUT2D eigenvalue weighted by Crippen LogP contribution is 2.23. The lowest BCUT2D eigenvalue weighted by atomic mass is 10.0. The van der Waals surface area contributed by atoms with E-state index >= 15 is 0 Å². The van der Waals surface area contributed by atoms with Gasteiger partial charge in [0.1, 0.15) is 17.6 Å². The van der Waals surface area contributed by atoms with Gasteiger partial charge in [-0.1, -0.05) is 42.5 Å². The maximum Gasteiger partial charge on any atom is 0.255 e. The van der Waals surface area contributed by atoms with Crippen molar-refractivity contribution < 1.29 is 13.6 Å². The lowest BCUT2D eigenvalue weighted by Crippen LogP contribution is -2.29. The highest BCUT2D eigenvalue weighted by atomic mass is 19.1. The fraction of sp³-hybridized carbons (Fsp3) is 0.0556. The third-order valence-electron chi connectivity index (χ3n) is 3.35. The maximum absolute atomic E-state index is 13.8. The first-order chi connectivity index (χ1) is 10.8. The Hall–Kier alpha value is -2.88. The van der Waals surface area contributed by atoms with Crippen molar-refractivity contribution in [1.29, 1.82) is 0 Å². The third-order valence-corrected chi connectivity index (χ3v) is 3.35. The summed E-state index contributed by atoms with van der Waals surface area (Å²) in [6.45, 7) is 0. The van der Waals surface area contributed by atoms with Gasteiger partial charge in [-0.15, -0.1) is 0 Å². The van der Waals surface area contributed by atoms with Crippen molar-refractivity contribution >= 4 is 5.91 Å². The molecule has 0 aliphatic carbocycles. The van der Waals surface area contributed by atoms with Crippen LogP contribution in [0.5, 0.6) is 0 Å². The predicted molar refractivity (Wildman–Crippen MR) is 80.9 cm³/mol. The van der Waals surface area contributed by atoms with Gasteiger partial charge in [-0.2, -0.15) is 0 Å². The summed E-state index contributed by atoms with van der Waals surface area (Å²) in [6.07, 6.45) is 1.54. The standard InChI is InChI=1S/C18H14FNO2/c19-15-10-5-4-9-14(15)18(21)20-17(16-11-6-12-22-16)13-7-2-1-3-8-13/h1-12,17H,(H,20,21). The molecular weight excluding hydrogens is 281 g/mol.